The summed E-state index contributed by atoms with van der Waals surface area (Å²) in [6.07, 6.45) is -6.34. The lowest BCUT2D eigenvalue weighted by Crippen LogP contribution is -2.59. The van der Waals surface area contributed by atoms with E-state index in [2.05, 4.69) is 15.9 Å². The third kappa shape index (κ3) is 6.65. The molecule has 0 aromatic heterocycles. The van der Waals surface area contributed by atoms with E-state index < -0.39 is 54.6 Å². The number of halogens is 2. The van der Waals surface area contributed by atoms with Gasteiger partial charge < -0.3 is 23.7 Å². The average molecular weight is 522 g/mol. The van der Waals surface area contributed by atoms with Crippen LogP contribution in [0.3, 0.4) is 0 Å². The van der Waals surface area contributed by atoms with E-state index in [1.165, 1.54) is 6.92 Å². The first-order valence-electron chi connectivity index (χ1n) is 9.22. The maximum Gasteiger partial charge on any atom is 0.305 e. The van der Waals surface area contributed by atoms with Crippen molar-refractivity contribution in [3.63, 3.8) is 0 Å². The van der Waals surface area contributed by atoms with Crippen molar-refractivity contribution in [2.75, 3.05) is 0 Å². The Morgan fingerprint density at radius 2 is 1.39 bits per heavy atom. The first-order chi connectivity index (χ1) is 14.5. The molecule has 11 heteroatoms. The van der Waals surface area contributed by atoms with Gasteiger partial charge in [0, 0.05) is 38.0 Å². The van der Waals surface area contributed by atoms with E-state index in [4.69, 9.17) is 35.3 Å². The average Bonchev–Trinajstić information content (AvgIpc) is 2.65. The minimum absolute atomic E-state index is 0.432. The predicted molar refractivity (Wildman–Crippen MR) is 110 cm³/mol. The van der Waals surface area contributed by atoms with Crippen molar-refractivity contribution in [3.8, 4) is 0 Å². The molecule has 0 saturated carbocycles. The Hall–Kier alpha value is -2.17. The predicted octanol–water partition coefficient (Wildman–Crippen LogP) is 2.99. The van der Waals surface area contributed by atoms with Crippen molar-refractivity contribution < 1.29 is 42.9 Å². The number of esters is 4. The molecule has 0 amide bonds. The molecule has 0 aliphatic carbocycles. The second-order valence-corrected chi connectivity index (χ2v) is 7.71. The van der Waals surface area contributed by atoms with Crippen molar-refractivity contribution in [2.45, 2.75) is 63.7 Å². The van der Waals surface area contributed by atoms with Crippen LogP contribution in [-0.4, -0.2) is 48.5 Å². The molecule has 1 aliphatic heterocycles. The van der Waals surface area contributed by atoms with Crippen molar-refractivity contribution >= 4 is 51.4 Å². The zero-order valence-electron chi connectivity index (χ0n) is 17.3. The lowest BCUT2D eigenvalue weighted by Gasteiger charge is -2.44. The Balaban J connectivity index is 2.60. The molecule has 9 nitrogen and oxygen atoms in total. The van der Waals surface area contributed by atoms with Crippen LogP contribution in [0, 0.1) is 0 Å². The number of carbonyl (C=O) groups is 4. The standard InChI is InChI=1S/C20H22BrClO9/c1-9(23)27-17-16(13-5-6-15(22)14(7-13)8-21)31-20(30-12(4)26)19(29-11(3)25)18(17)28-10(2)24/h5-7,16-20H,8H2,1-4H3/t16-,17-,18+,19-,20?/m0/s1. The zero-order chi connectivity index (χ0) is 23.3. The number of ether oxygens (including phenoxy) is 5. The SMILES string of the molecule is CC(=O)OC1O[C@@H](c2ccc(Cl)c(CBr)c2)[C@H](OC(C)=O)[C@@H](OC(C)=O)[C@@H]1OC(C)=O. The summed E-state index contributed by atoms with van der Waals surface area (Å²) >= 11 is 9.52. The first kappa shape index (κ1) is 25.1. The molecule has 2 rings (SSSR count). The molecule has 0 N–H and O–H groups in total. The van der Waals surface area contributed by atoms with Crippen molar-refractivity contribution in [2.24, 2.45) is 0 Å². The lowest BCUT2D eigenvalue weighted by molar-refractivity contribution is -0.298. The van der Waals surface area contributed by atoms with E-state index in [1.54, 1.807) is 18.2 Å². The number of hydrogen-bond donors (Lipinski definition) is 0. The molecular formula is C20H22BrClO9. The van der Waals surface area contributed by atoms with Crippen LogP contribution in [-0.2, 0) is 48.2 Å². The van der Waals surface area contributed by atoms with Gasteiger partial charge in [-0.25, -0.2) is 0 Å². The van der Waals surface area contributed by atoms with Crippen LogP contribution < -0.4 is 0 Å². The zero-order valence-corrected chi connectivity index (χ0v) is 19.6. The lowest BCUT2D eigenvalue weighted by atomic mass is 9.92. The summed E-state index contributed by atoms with van der Waals surface area (Å²) < 4.78 is 27.1. The van der Waals surface area contributed by atoms with Gasteiger partial charge in [-0.05, 0) is 17.2 Å². The van der Waals surface area contributed by atoms with Crippen LogP contribution in [0.1, 0.15) is 44.9 Å². The normalized spacial score (nSPS) is 25.3. The van der Waals surface area contributed by atoms with E-state index in [0.717, 1.165) is 26.3 Å². The highest BCUT2D eigenvalue weighted by Gasteiger charge is 2.53. The van der Waals surface area contributed by atoms with Crippen LogP contribution in [0.2, 0.25) is 5.02 Å². The summed E-state index contributed by atoms with van der Waals surface area (Å²) in [4.78, 5) is 47.0. The number of alkyl halides is 1. The molecule has 1 saturated heterocycles. The van der Waals surface area contributed by atoms with Crippen molar-refractivity contribution in [3.05, 3.63) is 34.3 Å². The fourth-order valence-electron chi connectivity index (χ4n) is 3.17. The van der Waals surface area contributed by atoms with E-state index in [0.29, 0.717) is 15.9 Å². The molecule has 1 aliphatic rings. The molecule has 170 valence electrons. The Labute approximate surface area is 192 Å². The highest BCUT2D eigenvalue weighted by molar-refractivity contribution is 9.08. The van der Waals surface area contributed by atoms with Gasteiger partial charge in [0.1, 0.15) is 6.10 Å². The summed E-state index contributed by atoms with van der Waals surface area (Å²) in [6.45, 7) is 4.59. The van der Waals surface area contributed by atoms with Gasteiger partial charge in [-0.2, -0.15) is 0 Å². The molecule has 1 fully saturated rings. The van der Waals surface area contributed by atoms with Gasteiger partial charge in [-0.3, -0.25) is 19.2 Å². The smallest absolute Gasteiger partial charge is 0.305 e. The minimum Gasteiger partial charge on any atom is -0.455 e. The molecule has 0 spiro atoms. The van der Waals surface area contributed by atoms with E-state index in [9.17, 15) is 19.2 Å². The van der Waals surface area contributed by atoms with Gasteiger partial charge >= 0.3 is 23.9 Å². The summed E-state index contributed by atoms with van der Waals surface area (Å²) in [7, 11) is 0. The van der Waals surface area contributed by atoms with Crippen LogP contribution in [0.5, 0.6) is 0 Å². The monoisotopic (exact) mass is 520 g/mol. The van der Waals surface area contributed by atoms with E-state index in [-0.39, 0.29) is 0 Å². The first-order valence-corrected chi connectivity index (χ1v) is 10.7. The second-order valence-electron chi connectivity index (χ2n) is 6.74. The van der Waals surface area contributed by atoms with E-state index >= 15 is 0 Å². The summed E-state index contributed by atoms with van der Waals surface area (Å²) in [5.41, 5.74) is 1.24. The molecule has 1 unspecified atom stereocenters. The third-order valence-electron chi connectivity index (χ3n) is 4.23. The molecular weight excluding hydrogens is 500 g/mol. The van der Waals surface area contributed by atoms with Crippen LogP contribution in [0.15, 0.2) is 18.2 Å². The van der Waals surface area contributed by atoms with Crippen molar-refractivity contribution in [1.29, 1.82) is 0 Å². The topological polar surface area (TPSA) is 114 Å². The fourth-order valence-corrected chi connectivity index (χ4v) is 3.98. The highest BCUT2D eigenvalue weighted by atomic mass is 79.9. The molecule has 0 bridgehead atoms. The number of benzene rings is 1. The summed E-state index contributed by atoms with van der Waals surface area (Å²) in [5, 5.41) is 0.924. The molecule has 5 atom stereocenters. The number of rotatable bonds is 6. The van der Waals surface area contributed by atoms with E-state index in [1.807, 2.05) is 0 Å². The maximum atomic E-state index is 11.8. The molecule has 1 aromatic rings. The Morgan fingerprint density at radius 3 is 1.90 bits per heavy atom. The van der Waals surface area contributed by atoms with Crippen LogP contribution >= 0.6 is 27.5 Å². The van der Waals surface area contributed by atoms with Crippen molar-refractivity contribution in [1.82, 2.24) is 0 Å². The highest BCUT2D eigenvalue weighted by Crippen LogP contribution is 2.39. The maximum absolute atomic E-state index is 11.8. The molecule has 0 radical (unpaired) electrons. The summed E-state index contributed by atoms with van der Waals surface area (Å²) in [6, 6.07) is 4.97. The molecule has 1 aromatic carbocycles. The third-order valence-corrected chi connectivity index (χ3v) is 5.20. The van der Waals surface area contributed by atoms with Gasteiger partial charge in [0.2, 0.25) is 12.4 Å². The van der Waals surface area contributed by atoms with Gasteiger partial charge in [-0.15, -0.1) is 0 Å². The quantitative estimate of drug-likeness (QED) is 0.316. The number of hydrogen-bond acceptors (Lipinski definition) is 9. The minimum atomic E-state index is -1.43. The molecule has 31 heavy (non-hydrogen) atoms. The Bertz CT molecular complexity index is 859. The van der Waals surface area contributed by atoms with Gasteiger partial charge in [0.15, 0.2) is 12.2 Å². The number of carbonyl (C=O) groups excluding carboxylic acids is 4. The Morgan fingerprint density at radius 1 is 0.871 bits per heavy atom. The van der Waals surface area contributed by atoms with Crippen LogP contribution in [0.4, 0.5) is 0 Å². The fraction of sp³-hybridized carbons (Fsp3) is 0.500. The van der Waals surface area contributed by atoms with Gasteiger partial charge in [0.25, 0.3) is 0 Å². The second kappa shape index (κ2) is 10.9. The largest absolute Gasteiger partial charge is 0.455 e. The Kier molecular flexibility index (Phi) is 8.84. The van der Waals surface area contributed by atoms with Gasteiger partial charge in [0.05, 0.1) is 0 Å². The van der Waals surface area contributed by atoms with Gasteiger partial charge in [-0.1, -0.05) is 39.7 Å². The molecule has 1 heterocycles. The summed E-state index contributed by atoms with van der Waals surface area (Å²) in [5.74, 6) is -2.86. The van der Waals surface area contributed by atoms with Crippen LogP contribution in [0.25, 0.3) is 0 Å².